The van der Waals surface area contributed by atoms with Crippen molar-refractivity contribution in [3.8, 4) is 0 Å². The lowest BCUT2D eigenvalue weighted by atomic mass is 9.92. The van der Waals surface area contributed by atoms with E-state index in [2.05, 4.69) is 14.7 Å². The molecule has 0 unspecified atom stereocenters. The minimum absolute atomic E-state index is 0.0277. The Morgan fingerprint density at radius 2 is 1.91 bits per heavy atom. The highest BCUT2D eigenvalue weighted by Crippen LogP contribution is 2.34. The van der Waals surface area contributed by atoms with E-state index in [-0.39, 0.29) is 11.8 Å². The number of benzene rings is 1. The summed E-state index contributed by atoms with van der Waals surface area (Å²) in [5.74, 6) is 0.666. The number of imidazole rings is 1. The number of carbonyl (C=O) groups excluding carboxylic acids is 2. The van der Waals surface area contributed by atoms with Crippen molar-refractivity contribution in [2.24, 2.45) is 5.92 Å². The molecule has 3 aromatic rings. The highest BCUT2D eigenvalue weighted by molar-refractivity contribution is 8.04. The highest BCUT2D eigenvalue weighted by atomic mass is 32.2. The van der Waals surface area contributed by atoms with E-state index in [1.165, 1.54) is 11.8 Å². The van der Waals surface area contributed by atoms with E-state index in [4.69, 9.17) is 0 Å². The average Bonchev–Trinajstić information content (AvgIpc) is 3.30. The van der Waals surface area contributed by atoms with Crippen LogP contribution >= 0.6 is 11.8 Å². The van der Waals surface area contributed by atoms with Gasteiger partial charge in [-0.05, 0) is 61.4 Å². The third-order valence-corrected chi connectivity index (χ3v) is 7.51. The minimum atomic E-state index is -0.0277. The Balaban J connectivity index is 1.03. The normalized spacial score (nSPS) is 16.1. The van der Waals surface area contributed by atoms with Crippen molar-refractivity contribution in [2.45, 2.75) is 30.7 Å². The molecular weight excluding hydrogens is 444 g/mol. The van der Waals surface area contributed by atoms with Crippen molar-refractivity contribution in [2.75, 3.05) is 19.6 Å². The molecule has 0 bridgehead atoms. The first-order valence-electron chi connectivity index (χ1n) is 11.8. The van der Waals surface area contributed by atoms with Gasteiger partial charge >= 0.3 is 0 Å². The lowest BCUT2D eigenvalue weighted by Gasteiger charge is -2.31. The van der Waals surface area contributed by atoms with Crippen molar-refractivity contribution >= 4 is 41.4 Å². The molecule has 0 aliphatic carbocycles. The topological polar surface area (TPSA) is 66.7 Å². The average molecular weight is 473 g/mol. The number of hydrogen-bond donors (Lipinski definition) is 1. The van der Waals surface area contributed by atoms with Crippen LogP contribution < -0.4 is 5.32 Å². The molecule has 0 radical (unpaired) electrons. The third-order valence-electron chi connectivity index (χ3n) is 6.46. The zero-order valence-electron chi connectivity index (χ0n) is 19.0. The maximum atomic E-state index is 12.7. The van der Waals surface area contributed by atoms with Gasteiger partial charge in [0.05, 0.1) is 21.8 Å². The number of aromatic nitrogens is 2. The molecule has 2 amide bonds. The number of rotatable bonds is 7. The van der Waals surface area contributed by atoms with Crippen LogP contribution in [0.1, 0.15) is 36.9 Å². The lowest BCUT2D eigenvalue weighted by Crippen LogP contribution is -2.37. The zero-order valence-corrected chi connectivity index (χ0v) is 19.8. The minimum Gasteiger partial charge on any atom is -0.352 e. The Morgan fingerprint density at radius 1 is 1.09 bits per heavy atom. The van der Waals surface area contributed by atoms with Crippen molar-refractivity contribution in [3.63, 3.8) is 0 Å². The van der Waals surface area contributed by atoms with Crippen molar-refractivity contribution < 1.29 is 9.59 Å². The van der Waals surface area contributed by atoms with E-state index in [9.17, 15) is 9.59 Å². The lowest BCUT2D eigenvalue weighted by molar-refractivity contribution is -0.127. The maximum Gasteiger partial charge on any atom is 0.258 e. The first kappa shape index (κ1) is 22.5. The van der Waals surface area contributed by atoms with E-state index >= 15 is 0 Å². The summed E-state index contributed by atoms with van der Waals surface area (Å²) in [6.07, 6.45) is 11.3. The Bertz CT molecular complexity index is 1240. The van der Waals surface area contributed by atoms with Crippen molar-refractivity contribution in [1.82, 2.24) is 19.6 Å². The van der Waals surface area contributed by atoms with Crippen LogP contribution in [0.3, 0.4) is 0 Å². The van der Waals surface area contributed by atoms with Gasteiger partial charge in [-0.25, -0.2) is 4.98 Å². The van der Waals surface area contributed by atoms with Gasteiger partial charge < -0.3 is 10.2 Å². The molecule has 0 saturated carbocycles. The predicted octanol–water partition coefficient (Wildman–Crippen LogP) is 4.63. The van der Waals surface area contributed by atoms with Gasteiger partial charge in [-0.1, -0.05) is 48.2 Å². The Labute approximate surface area is 203 Å². The zero-order chi connectivity index (χ0) is 23.3. The van der Waals surface area contributed by atoms with Gasteiger partial charge in [0.25, 0.3) is 5.91 Å². The van der Waals surface area contributed by atoms with Crippen LogP contribution in [0, 0.1) is 5.92 Å². The SMILES string of the molecule is O=C(NCCCC1CCN(C(=O)/C=C/c2ccccc2)CC1)C1=Cc2cnc3cccc(n23)S1. The number of pyridine rings is 1. The Hall–Kier alpha value is -3.32. The second kappa shape index (κ2) is 10.3. The van der Waals surface area contributed by atoms with E-state index in [1.54, 1.807) is 12.3 Å². The monoisotopic (exact) mass is 472 g/mol. The fourth-order valence-electron chi connectivity index (χ4n) is 4.56. The molecule has 34 heavy (non-hydrogen) atoms. The second-order valence-electron chi connectivity index (χ2n) is 8.76. The second-order valence-corrected chi connectivity index (χ2v) is 9.82. The third kappa shape index (κ3) is 5.09. The Kier molecular flexibility index (Phi) is 6.81. The summed E-state index contributed by atoms with van der Waals surface area (Å²) in [4.78, 5) is 32.2. The number of nitrogens with zero attached hydrogens (tertiary/aromatic N) is 3. The molecule has 1 fully saturated rings. The van der Waals surface area contributed by atoms with E-state index in [0.717, 1.165) is 60.7 Å². The summed E-state index contributed by atoms with van der Waals surface area (Å²) in [5.41, 5.74) is 2.88. The predicted molar refractivity (Wildman–Crippen MR) is 136 cm³/mol. The van der Waals surface area contributed by atoms with Gasteiger partial charge in [0.1, 0.15) is 5.65 Å². The largest absolute Gasteiger partial charge is 0.352 e. The van der Waals surface area contributed by atoms with Crippen LogP contribution in [0.4, 0.5) is 0 Å². The summed E-state index contributed by atoms with van der Waals surface area (Å²) < 4.78 is 2.07. The van der Waals surface area contributed by atoms with Gasteiger partial charge in [-0.3, -0.25) is 14.0 Å². The van der Waals surface area contributed by atoms with Crippen LogP contribution in [0.15, 0.2) is 70.7 Å². The van der Waals surface area contributed by atoms with Gasteiger partial charge in [0, 0.05) is 25.7 Å². The van der Waals surface area contributed by atoms with Crippen LogP contribution in [0.5, 0.6) is 0 Å². The van der Waals surface area contributed by atoms with Crippen LogP contribution in [0.25, 0.3) is 17.8 Å². The van der Waals surface area contributed by atoms with E-state index < -0.39 is 0 Å². The van der Waals surface area contributed by atoms with E-state index in [1.807, 2.05) is 65.6 Å². The highest BCUT2D eigenvalue weighted by Gasteiger charge is 2.22. The van der Waals surface area contributed by atoms with Crippen LogP contribution in [-0.4, -0.2) is 45.7 Å². The standard InChI is InChI=1S/C27H28N4O2S/c32-25(12-11-20-6-2-1-3-7-20)30-16-13-21(14-17-30)8-5-15-28-27(33)23-18-22-19-29-24-9-4-10-26(34-23)31(22)24/h1-4,6-7,9-12,18-19,21H,5,8,13-17H2,(H,28,33)/b12-11+. The molecule has 2 aromatic heterocycles. The summed E-state index contributed by atoms with van der Waals surface area (Å²) >= 11 is 1.48. The summed E-state index contributed by atoms with van der Waals surface area (Å²) in [6, 6.07) is 15.8. The number of amides is 2. The molecule has 1 aromatic carbocycles. The summed E-state index contributed by atoms with van der Waals surface area (Å²) in [5, 5.41) is 4.09. The number of likely N-dealkylation sites (tertiary alicyclic amines) is 1. The van der Waals surface area contributed by atoms with Crippen molar-refractivity contribution in [3.05, 3.63) is 77.0 Å². The first-order valence-corrected chi connectivity index (χ1v) is 12.7. The van der Waals surface area contributed by atoms with Gasteiger partial charge in [0.15, 0.2) is 0 Å². The van der Waals surface area contributed by atoms with Crippen LogP contribution in [-0.2, 0) is 9.59 Å². The molecule has 174 valence electrons. The molecular formula is C27H28N4O2S. The number of piperidine rings is 1. The first-order chi connectivity index (χ1) is 16.7. The fourth-order valence-corrected chi connectivity index (χ4v) is 5.56. The molecule has 2 aliphatic rings. The van der Waals surface area contributed by atoms with Crippen LogP contribution in [0.2, 0.25) is 0 Å². The number of nitrogens with one attached hydrogen (secondary N) is 1. The van der Waals surface area contributed by atoms with Gasteiger partial charge in [0.2, 0.25) is 5.91 Å². The molecule has 0 spiro atoms. The maximum absolute atomic E-state index is 12.7. The van der Waals surface area contributed by atoms with Gasteiger partial charge in [-0.15, -0.1) is 0 Å². The number of carbonyl (C=O) groups is 2. The smallest absolute Gasteiger partial charge is 0.258 e. The molecule has 4 heterocycles. The number of thioether (sulfide) groups is 1. The van der Waals surface area contributed by atoms with Crippen molar-refractivity contribution in [1.29, 1.82) is 0 Å². The molecule has 1 saturated heterocycles. The van der Waals surface area contributed by atoms with Gasteiger partial charge in [-0.2, -0.15) is 0 Å². The quantitative estimate of drug-likeness (QED) is 0.402. The molecule has 5 rings (SSSR count). The summed E-state index contributed by atoms with van der Waals surface area (Å²) in [6.45, 7) is 2.27. The number of hydrogen-bond acceptors (Lipinski definition) is 4. The molecule has 7 heteroatoms. The molecule has 6 nitrogen and oxygen atoms in total. The summed E-state index contributed by atoms with van der Waals surface area (Å²) in [7, 11) is 0. The fraction of sp³-hybridized carbons (Fsp3) is 0.296. The van der Waals surface area contributed by atoms with E-state index in [0.29, 0.717) is 17.4 Å². The molecule has 2 aliphatic heterocycles. The molecule has 0 atom stereocenters. The molecule has 1 N–H and O–H groups in total. The Morgan fingerprint density at radius 3 is 2.74 bits per heavy atom.